The highest BCUT2D eigenvalue weighted by molar-refractivity contribution is 7.92. The maximum absolute atomic E-state index is 13.6. The summed E-state index contributed by atoms with van der Waals surface area (Å²) in [6, 6.07) is 20.2. The van der Waals surface area contributed by atoms with Gasteiger partial charge in [0.1, 0.15) is 6.54 Å². The summed E-state index contributed by atoms with van der Waals surface area (Å²) in [7, 11) is -4.04. The molecule has 3 rings (SSSR count). The molecule has 0 bridgehead atoms. The van der Waals surface area contributed by atoms with Gasteiger partial charge in [-0.3, -0.25) is 13.9 Å². The Morgan fingerprint density at radius 1 is 0.861 bits per heavy atom. The second kappa shape index (κ2) is 11.4. The lowest BCUT2D eigenvalue weighted by atomic mass is 10.0. The summed E-state index contributed by atoms with van der Waals surface area (Å²) in [4.78, 5) is 25.8. The minimum Gasteiger partial charge on any atom is -0.350 e. The monoisotopic (exact) mass is 507 g/mol. The quantitative estimate of drug-likeness (QED) is 0.422. The van der Waals surface area contributed by atoms with Crippen molar-refractivity contribution in [2.75, 3.05) is 16.2 Å². The summed E-state index contributed by atoms with van der Waals surface area (Å²) in [6.07, 6.45) is 0. The number of hydrogen-bond acceptors (Lipinski definition) is 4. The molecule has 3 aromatic rings. The van der Waals surface area contributed by atoms with E-state index >= 15 is 0 Å². The fourth-order valence-electron chi connectivity index (χ4n) is 3.63. The third-order valence-electron chi connectivity index (χ3n) is 5.61. The minimum absolute atomic E-state index is 0.0785. The van der Waals surface area contributed by atoms with Crippen molar-refractivity contribution >= 4 is 33.2 Å². The number of amides is 2. The van der Waals surface area contributed by atoms with Gasteiger partial charge in [-0.25, -0.2) is 8.42 Å². The molecule has 2 amide bonds. The van der Waals surface area contributed by atoms with Crippen LogP contribution in [0.2, 0.25) is 0 Å². The second-order valence-corrected chi connectivity index (χ2v) is 11.2. The van der Waals surface area contributed by atoms with E-state index in [9.17, 15) is 18.0 Å². The van der Waals surface area contributed by atoms with Crippen LogP contribution in [0.25, 0.3) is 0 Å². The summed E-state index contributed by atoms with van der Waals surface area (Å²) in [5, 5.41) is 5.53. The molecule has 0 unspecified atom stereocenters. The molecule has 0 heterocycles. The predicted molar refractivity (Wildman–Crippen MR) is 144 cm³/mol. The normalized spacial score (nSPS) is 11.4. The standard InChI is InChI=1S/C28H33N3O4S/c1-19(2)22-12-14-23(15-13-22)31(36(34,35)24-16-10-21(5)11-17-24)18-27(32)30-26-9-7-6-8-25(26)28(33)29-20(3)4/h6-17,19-20H,18H2,1-5H3,(H,29,33)(H,30,32). The van der Waals surface area contributed by atoms with E-state index in [2.05, 4.69) is 24.5 Å². The molecule has 0 atom stereocenters. The molecule has 2 N–H and O–H groups in total. The molecule has 7 nitrogen and oxygen atoms in total. The Labute approximate surface area is 213 Å². The molecule has 0 aliphatic rings. The first-order chi connectivity index (χ1) is 17.0. The molecule has 36 heavy (non-hydrogen) atoms. The van der Waals surface area contributed by atoms with E-state index in [1.54, 1.807) is 48.5 Å². The molecule has 0 saturated carbocycles. The van der Waals surface area contributed by atoms with Crippen LogP contribution in [0.1, 0.15) is 55.1 Å². The number of carbonyl (C=O) groups excluding carboxylic acids is 2. The number of sulfonamides is 1. The number of hydrogen-bond donors (Lipinski definition) is 2. The SMILES string of the molecule is Cc1ccc(S(=O)(=O)N(CC(=O)Nc2ccccc2C(=O)NC(C)C)c2ccc(C(C)C)cc2)cc1. The molecule has 0 fully saturated rings. The highest BCUT2D eigenvalue weighted by Crippen LogP contribution is 2.26. The molecule has 0 aliphatic heterocycles. The summed E-state index contributed by atoms with van der Waals surface area (Å²) < 4.78 is 28.3. The van der Waals surface area contributed by atoms with E-state index in [-0.39, 0.29) is 22.8 Å². The lowest BCUT2D eigenvalue weighted by Gasteiger charge is -2.25. The highest BCUT2D eigenvalue weighted by Gasteiger charge is 2.28. The number of para-hydroxylation sites is 1. The van der Waals surface area contributed by atoms with Crippen molar-refractivity contribution < 1.29 is 18.0 Å². The molecular formula is C28H33N3O4S. The van der Waals surface area contributed by atoms with Gasteiger partial charge in [-0.05, 0) is 68.7 Å². The van der Waals surface area contributed by atoms with Crippen molar-refractivity contribution in [2.24, 2.45) is 0 Å². The number of nitrogens with zero attached hydrogens (tertiary/aromatic N) is 1. The van der Waals surface area contributed by atoms with Gasteiger partial charge in [0.05, 0.1) is 21.8 Å². The Morgan fingerprint density at radius 3 is 2.06 bits per heavy atom. The zero-order chi connectivity index (χ0) is 26.5. The van der Waals surface area contributed by atoms with Crippen molar-refractivity contribution in [1.82, 2.24) is 5.32 Å². The van der Waals surface area contributed by atoms with Crippen molar-refractivity contribution in [2.45, 2.75) is 51.5 Å². The zero-order valence-corrected chi connectivity index (χ0v) is 22.1. The summed E-state index contributed by atoms with van der Waals surface area (Å²) in [5.41, 5.74) is 2.97. The van der Waals surface area contributed by atoms with Gasteiger partial charge in [-0.1, -0.05) is 55.8 Å². The topological polar surface area (TPSA) is 95.6 Å². The van der Waals surface area contributed by atoms with Gasteiger partial charge in [0.15, 0.2) is 0 Å². The summed E-state index contributed by atoms with van der Waals surface area (Å²) >= 11 is 0. The molecule has 0 spiro atoms. The largest absolute Gasteiger partial charge is 0.350 e. The number of rotatable bonds is 9. The molecule has 0 aliphatic carbocycles. The van der Waals surface area contributed by atoms with Crippen LogP contribution in [0.5, 0.6) is 0 Å². The lowest BCUT2D eigenvalue weighted by Crippen LogP contribution is -2.38. The molecule has 0 aromatic heterocycles. The van der Waals surface area contributed by atoms with Crippen molar-refractivity contribution in [1.29, 1.82) is 0 Å². The van der Waals surface area contributed by atoms with E-state index < -0.39 is 22.5 Å². The van der Waals surface area contributed by atoms with Gasteiger partial charge >= 0.3 is 0 Å². The smallest absolute Gasteiger partial charge is 0.264 e. The van der Waals surface area contributed by atoms with Crippen molar-refractivity contribution in [3.05, 3.63) is 89.5 Å². The number of nitrogens with one attached hydrogen (secondary N) is 2. The van der Waals surface area contributed by atoms with Crippen LogP contribution in [0.3, 0.4) is 0 Å². The zero-order valence-electron chi connectivity index (χ0n) is 21.3. The van der Waals surface area contributed by atoms with E-state index in [4.69, 9.17) is 0 Å². The Bertz CT molecular complexity index is 1320. The number of aryl methyl sites for hydroxylation is 1. The predicted octanol–water partition coefficient (Wildman–Crippen LogP) is 5.09. The first-order valence-electron chi connectivity index (χ1n) is 11.9. The number of benzene rings is 3. The second-order valence-electron chi connectivity index (χ2n) is 9.29. The minimum atomic E-state index is -4.04. The third kappa shape index (κ3) is 6.51. The molecule has 3 aromatic carbocycles. The summed E-state index contributed by atoms with van der Waals surface area (Å²) in [5.74, 6) is -0.615. The first kappa shape index (κ1) is 26.9. The molecule has 0 radical (unpaired) electrons. The Morgan fingerprint density at radius 2 is 1.47 bits per heavy atom. The van der Waals surface area contributed by atoms with Crippen LogP contribution in [-0.2, 0) is 14.8 Å². The summed E-state index contributed by atoms with van der Waals surface area (Å²) in [6.45, 7) is 9.21. The molecule has 8 heteroatoms. The van der Waals surface area contributed by atoms with Gasteiger partial charge in [-0.2, -0.15) is 0 Å². The van der Waals surface area contributed by atoms with Gasteiger partial charge in [0.2, 0.25) is 5.91 Å². The lowest BCUT2D eigenvalue weighted by molar-refractivity contribution is -0.114. The van der Waals surface area contributed by atoms with E-state index in [1.165, 1.54) is 12.1 Å². The van der Waals surface area contributed by atoms with Crippen molar-refractivity contribution in [3.8, 4) is 0 Å². The van der Waals surface area contributed by atoms with Crippen LogP contribution < -0.4 is 14.9 Å². The van der Waals surface area contributed by atoms with Gasteiger partial charge < -0.3 is 10.6 Å². The fourth-order valence-corrected chi connectivity index (χ4v) is 5.05. The fraction of sp³-hybridized carbons (Fsp3) is 0.286. The average Bonchev–Trinajstić information content (AvgIpc) is 2.82. The van der Waals surface area contributed by atoms with E-state index in [1.807, 2.05) is 32.9 Å². The highest BCUT2D eigenvalue weighted by atomic mass is 32.2. The maximum Gasteiger partial charge on any atom is 0.264 e. The van der Waals surface area contributed by atoms with Crippen molar-refractivity contribution in [3.63, 3.8) is 0 Å². The molecule has 190 valence electrons. The van der Waals surface area contributed by atoms with Gasteiger partial charge in [-0.15, -0.1) is 0 Å². The van der Waals surface area contributed by atoms with E-state index in [0.717, 1.165) is 15.4 Å². The number of anilines is 2. The third-order valence-corrected chi connectivity index (χ3v) is 7.40. The van der Waals surface area contributed by atoms with Gasteiger partial charge in [0, 0.05) is 6.04 Å². The van der Waals surface area contributed by atoms with Gasteiger partial charge in [0.25, 0.3) is 15.9 Å². The Balaban J connectivity index is 1.94. The van der Waals surface area contributed by atoms with Crippen LogP contribution in [-0.4, -0.2) is 32.8 Å². The van der Waals surface area contributed by atoms with Crippen LogP contribution in [0.4, 0.5) is 11.4 Å². The average molecular weight is 508 g/mol. The Hall–Kier alpha value is -3.65. The number of carbonyl (C=O) groups is 2. The van der Waals surface area contributed by atoms with Crippen LogP contribution in [0.15, 0.2) is 77.7 Å². The Kier molecular flexibility index (Phi) is 8.53. The first-order valence-corrected chi connectivity index (χ1v) is 13.3. The van der Waals surface area contributed by atoms with E-state index in [0.29, 0.717) is 16.9 Å². The molecule has 0 saturated heterocycles. The molecular weight excluding hydrogens is 474 g/mol. The van der Waals surface area contributed by atoms with Crippen LogP contribution in [0, 0.1) is 6.92 Å². The van der Waals surface area contributed by atoms with Crippen LogP contribution >= 0.6 is 0 Å². The maximum atomic E-state index is 13.6.